The lowest BCUT2D eigenvalue weighted by Gasteiger charge is -2.19. The van der Waals surface area contributed by atoms with E-state index in [0.717, 1.165) is 18.7 Å². The van der Waals surface area contributed by atoms with Crippen LogP contribution in [0, 0.1) is 0 Å². The molecule has 7 heteroatoms. The van der Waals surface area contributed by atoms with Crippen molar-refractivity contribution in [3.05, 3.63) is 60.2 Å². The number of ether oxygens (including phenoxy) is 1. The highest BCUT2D eigenvalue weighted by molar-refractivity contribution is 5.94. The summed E-state index contributed by atoms with van der Waals surface area (Å²) in [6.45, 7) is 2.32. The minimum absolute atomic E-state index is 0.234. The Labute approximate surface area is 164 Å². The van der Waals surface area contributed by atoms with Gasteiger partial charge in [0, 0.05) is 38.4 Å². The SMILES string of the molecule is CC(=O)Nc1cccc(C(=O)OCC(=O)NCCCN(C)c2ccccc2)c1. The van der Waals surface area contributed by atoms with Crippen LogP contribution in [-0.2, 0) is 14.3 Å². The fraction of sp³-hybridized carbons (Fsp3) is 0.286. The number of carbonyl (C=O) groups excluding carboxylic acids is 3. The molecule has 0 heterocycles. The number of anilines is 2. The average Bonchev–Trinajstić information content (AvgIpc) is 2.69. The number of rotatable bonds is 9. The van der Waals surface area contributed by atoms with Crippen LogP contribution in [0.3, 0.4) is 0 Å². The summed E-state index contributed by atoms with van der Waals surface area (Å²) < 4.78 is 5.02. The third kappa shape index (κ3) is 7.11. The monoisotopic (exact) mass is 383 g/mol. The molecular formula is C21H25N3O4. The van der Waals surface area contributed by atoms with Crippen molar-refractivity contribution in [1.29, 1.82) is 0 Å². The van der Waals surface area contributed by atoms with Crippen molar-refractivity contribution >= 4 is 29.2 Å². The molecule has 0 atom stereocenters. The van der Waals surface area contributed by atoms with E-state index in [4.69, 9.17) is 4.74 Å². The maximum atomic E-state index is 12.0. The van der Waals surface area contributed by atoms with Crippen molar-refractivity contribution in [2.75, 3.05) is 37.0 Å². The van der Waals surface area contributed by atoms with E-state index in [1.807, 2.05) is 37.4 Å². The molecule has 0 aromatic heterocycles. The molecule has 7 nitrogen and oxygen atoms in total. The minimum atomic E-state index is -0.619. The fourth-order valence-electron chi connectivity index (χ4n) is 2.55. The molecule has 2 aromatic carbocycles. The molecule has 2 rings (SSSR count). The predicted octanol–water partition coefficient (Wildman–Crippen LogP) is 2.44. The molecule has 0 aliphatic heterocycles. The van der Waals surface area contributed by atoms with Gasteiger partial charge in [0.25, 0.3) is 5.91 Å². The first-order valence-electron chi connectivity index (χ1n) is 9.03. The molecule has 0 saturated heterocycles. The Hall–Kier alpha value is -3.35. The van der Waals surface area contributed by atoms with Crippen LogP contribution in [-0.4, -0.2) is 44.5 Å². The number of benzene rings is 2. The molecule has 0 aliphatic rings. The van der Waals surface area contributed by atoms with Gasteiger partial charge in [-0.15, -0.1) is 0 Å². The summed E-state index contributed by atoms with van der Waals surface area (Å²) in [4.78, 5) is 37.1. The topological polar surface area (TPSA) is 87.7 Å². The van der Waals surface area contributed by atoms with Crippen molar-refractivity contribution < 1.29 is 19.1 Å². The Balaban J connectivity index is 1.68. The molecule has 2 aromatic rings. The van der Waals surface area contributed by atoms with Crippen LogP contribution in [0.2, 0.25) is 0 Å². The van der Waals surface area contributed by atoms with E-state index >= 15 is 0 Å². The van der Waals surface area contributed by atoms with Crippen molar-refractivity contribution in [2.45, 2.75) is 13.3 Å². The van der Waals surface area contributed by atoms with Crippen LogP contribution in [0.5, 0.6) is 0 Å². The minimum Gasteiger partial charge on any atom is -0.452 e. The van der Waals surface area contributed by atoms with Crippen LogP contribution in [0.25, 0.3) is 0 Å². The maximum absolute atomic E-state index is 12.0. The molecule has 2 N–H and O–H groups in total. The molecule has 0 spiro atoms. The van der Waals surface area contributed by atoms with Crippen molar-refractivity contribution in [1.82, 2.24) is 5.32 Å². The Morgan fingerprint density at radius 1 is 1.04 bits per heavy atom. The molecule has 28 heavy (non-hydrogen) atoms. The lowest BCUT2D eigenvalue weighted by molar-refractivity contribution is -0.124. The van der Waals surface area contributed by atoms with Crippen LogP contribution in [0.15, 0.2) is 54.6 Å². The summed E-state index contributed by atoms with van der Waals surface area (Å²) in [6, 6.07) is 16.3. The molecule has 0 aliphatic carbocycles. The predicted molar refractivity (Wildman–Crippen MR) is 108 cm³/mol. The van der Waals surface area contributed by atoms with E-state index < -0.39 is 5.97 Å². The average molecular weight is 383 g/mol. The number of carbonyl (C=O) groups is 3. The number of hydrogen-bond acceptors (Lipinski definition) is 5. The van der Waals surface area contributed by atoms with Crippen LogP contribution in [0.4, 0.5) is 11.4 Å². The van der Waals surface area contributed by atoms with Gasteiger partial charge in [-0.25, -0.2) is 4.79 Å². The lowest BCUT2D eigenvalue weighted by Crippen LogP contribution is -2.31. The molecule has 0 fully saturated rings. The molecular weight excluding hydrogens is 358 g/mol. The van der Waals surface area contributed by atoms with Crippen molar-refractivity contribution in [3.63, 3.8) is 0 Å². The van der Waals surface area contributed by atoms with Gasteiger partial charge in [-0.2, -0.15) is 0 Å². The van der Waals surface area contributed by atoms with Gasteiger partial charge in [-0.1, -0.05) is 24.3 Å². The maximum Gasteiger partial charge on any atom is 0.338 e. The number of esters is 1. The number of para-hydroxylation sites is 1. The highest BCUT2D eigenvalue weighted by Crippen LogP contribution is 2.12. The van der Waals surface area contributed by atoms with Gasteiger partial charge >= 0.3 is 5.97 Å². The Bertz CT molecular complexity index is 808. The van der Waals surface area contributed by atoms with Crippen LogP contribution >= 0.6 is 0 Å². The Morgan fingerprint density at radius 3 is 2.50 bits per heavy atom. The van der Waals surface area contributed by atoms with Crippen molar-refractivity contribution in [3.8, 4) is 0 Å². The molecule has 0 unspecified atom stereocenters. The second kappa shape index (κ2) is 10.7. The van der Waals surface area contributed by atoms with E-state index in [9.17, 15) is 14.4 Å². The van der Waals surface area contributed by atoms with Gasteiger partial charge < -0.3 is 20.3 Å². The first-order chi connectivity index (χ1) is 13.5. The standard InChI is InChI=1S/C21H25N3O4/c1-16(25)23-18-9-6-8-17(14-18)21(27)28-15-20(26)22-12-7-13-24(2)19-10-4-3-5-11-19/h3-6,8-11,14H,7,12-13,15H2,1-2H3,(H,22,26)(H,23,25). The quantitative estimate of drug-likeness (QED) is 0.513. The van der Waals surface area contributed by atoms with E-state index in [1.54, 1.807) is 18.2 Å². The summed E-state index contributed by atoms with van der Waals surface area (Å²) in [7, 11) is 1.99. The third-order valence-electron chi connectivity index (χ3n) is 3.94. The van der Waals surface area contributed by atoms with E-state index in [2.05, 4.69) is 15.5 Å². The van der Waals surface area contributed by atoms with E-state index in [-0.39, 0.29) is 24.0 Å². The highest BCUT2D eigenvalue weighted by atomic mass is 16.5. The first kappa shape index (κ1) is 21.0. The molecule has 0 radical (unpaired) electrons. The number of nitrogens with one attached hydrogen (secondary N) is 2. The summed E-state index contributed by atoms with van der Waals surface area (Å²) in [5.41, 5.74) is 1.88. The zero-order chi connectivity index (χ0) is 20.4. The molecule has 148 valence electrons. The zero-order valence-electron chi connectivity index (χ0n) is 16.1. The number of hydrogen-bond donors (Lipinski definition) is 2. The first-order valence-corrected chi connectivity index (χ1v) is 9.03. The number of amides is 2. The van der Waals surface area contributed by atoms with Crippen molar-refractivity contribution in [2.24, 2.45) is 0 Å². The largest absolute Gasteiger partial charge is 0.452 e. The summed E-state index contributed by atoms with van der Waals surface area (Å²) in [5.74, 6) is -1.21. The summed E-state index contributed by atoms with van der Waals surface area (Å²) in [6.07, 6.45) is 0.768. The van der Waals surface area contributed by atoms with Gasteiger partial charge in [-0.3, -0.25) is 9.59 Å². The number of nitrogens with zero attached hydrogens (tertiary/aromatic N) is 1. The normalized spacial score (nSPS) is 10.1. The lowest BCUT2D eigenvalue weighted by atomic mass is 10.2. The van der Waals surface area contributed by atoms with Crippen LogP contribution in [0.1, 0.15) is 23.7 Å². The Morgan fingerprint density at radius 2 is 1.79 bits per heavy atom. The fourth-order valence-corrected chi connectivity index (χ4v) is 2.55. The van der Waals surface area contributed by atoms with Gasteiger partial charge in [0.05, 0.1) is 5.56 Å². The highest BCUT2D eigenvalue weighted by Gasteiger charge is 2.11. The van der Waals surface area contributed by atoms with Gasteiger partial charge in [0.2, 0.25) is 5.91 Å². The Kier molecular flexibility index (Phi) is 8.02. The van der Waals surface area contributed by atoms with E-state index in [0.29, 0.717) is 12.2 Å². The summed E-state index contributed by atoms with van der Waals surface area (Å²) >= 11 is 0. The van der Waals surface area contributed by atoms with Gasteiger partial charge in [-0.05, 0) is 36.8 Å². The molecule has 2 amide bonds. The summed E-state index contributed by atoms with van der Waals surface area (Å²) in [5, 5.41) is 5.32. The smallest absolute Gasteiger partial charge is 0.338 e. The molecule has 0 bridgehead atoms. The van der Waals surface area contributed by atoms with Gasteiger partial charge in [0.15, 0.2) is 6.61 Å². The van der Waals surface area contributed by atoms with E-state index in [1.165, 1.54) is 13.0 Å². The third-order valence-corrected chi connectivity index (χ3v) is 3.94. The van der Waals surface area contributed by atoms with Gasteiger partial charge in [0.1, 0.15) is 0 Å². The second-order valence-electron chi connectivity index (χ2n) is 6.30. The molecule has 0 saturated carbocycles. The van der Waals surface area contributed by atoms with Crippen LogP contribution < -0.4 is 15.5 Å². The second-order valence-corrected chi connectivity index (χ2v) is 6.30. The zero-order valence-corrected chi connectivity index (χ0v) is 16.1.